The predicted molar refractivity (Wildman–Crippen MR) is 105 cm³/mol. The second-order valence-corrected chi connectivity index (χ2v) is 6.46. The quantitative estimate of drug-likeness (QED) is 0.362. The van der Waals surface area contributed by atoms with Crippen molar-refractivity contribution in [2.45, 2.75) is 33.8 Å². The lowest BCUT2D eigenvalue weighted by molar-refractivity contribution is -0.384. The number of nitro groups is 1. The van der Waals surface area contributed by atoms with Gasteiger partial charge in [-0.15, -0.1) is 0 Å². The Bertz CT molecular complexity index is 1010. The first-order chi connectivity index (χ1) is 13.4. The van der Waals surface area contributed by atoms with Crippen LogP contribution in [0, 0.1) is 24.0 Å². The van der Waals surface area contributed by atoms with Crippen molar-refractivity contribution >= 4 is 11.7 Å². The van der Waals surface area contributed by atoms with Crippen LogP contribution in [0.15, 0.2) is 48.5 Å². The maximum absolute atomic E-state index is 12.3. The van der Waals surface area contributed by atoms with Gasteiger partial charge in [0.05, 0.1) is 21.9 Å². The second-order valence-electron chi connectivity index (χ2n) is 6.46. The van der Waals surface area contributed by atoms with E-state index >= 15 is 0 Å². The Labute approximate surface area is 162 Å². The van der Waals surface area contributed by atoms with Gasteiger partial charge < -0.3 is 4.74 Å². The second kappa shape index (κ2) is 8.04. The Morgan fingerprint density at radius 3 is 2.29 bits per heavy atom. The maximum Gasteiger partial charge on any atom is 0.338 e. The molecule has 3 aromatic rings. The van der Waals surface area contributed by atoms with Crippen LogP contribution in [0.3, 0.4) is 0 Å². The number of nitro benzene ring substituents is 1. The highest BCUT2D eigenvalue weighted by Crippen LogP contribution is 2.19. The van der Waals surface area contributed by atoms with E-state index in [1.807, 2.05) is 30.7 Å². The molecule has 0 aliphatic heterocycles. The van der Waals surface area contributed by atoms with Crippen molar-refractivity contribution in [3.8, 4) is 5.69 Å². The van der Waals surface area contributed by atoms with Gasteiger partial charge in [0.25, 0.3) is 5.69 Å². The van der Waals surface area contributed by atoms with E-state index in [9.17, 15) is 14.9 Å². The predicted octanol–water partition coefficient (Wildman–Crippen LogP) is 4.32. The Morgan fingerprint density at radius 2 is 1.75 bits per heavy atom. The van der Waals surface area contributed by atoms with Crippen molar-refractivity contribution in [3.05, 3.63) is 86.7 Å². The molecule has 0 amide bonds. The topological polar surface area (TPSA) is 87.3 Å². The number of aromatic nitrogens is 2. The van der Waals surface area contributed by atoms with E-state index in [1.165, 1.54) is 17.7 Å². The standard InChI is InChI=1S/C21H21N3O4/c1-4-20-14(2)22-23(15(20)3)18-11-7-17(8-12-18)21(25)28-13-16-5-9-19(10-6-16)24(26)27/h5-12H,4,13H2,1-3H3. The highest BCUT2D eigenvalue weighted by atomic mass is 16.6. The lowest BCUT2D eigenvalue weighted by Crippen LogP contribution is -2.06. The van der Waals surface area contributed by atoms with Crippen LogP contribution in [-0.4, -0.2) is 20.7 Å². The molecule has 0 aliphatic carbocycles. The van der Waals surface area contributed by atoms with Gasteiger partial charge in [-0.25, -0.2) is 9.48 Å². The first-order valence-electron chi connectivity index (χ1n) is 8.96. The third kappa shape index (κ3) is 3.93. The molecule has 0 unspecified atom stereocenters. The van der Waals surface area contributed by atoms with Crippen LogP contribution in [-0.2, 0) is 17.8 Å². The molecule has 0 fully saturated rings. The lowest BCUT2D eigenvalue weighted by Gasteiger charge is -2.08. The molecule has 28 heavy (non-hydrogen) atoms. The van der Waals surface area contributed by atoms with Crippen LogP contribution in [0.1, 0.15) is 39.8 Å². The van der Waals surface area contributed by atoms with Crippen molar-refractivity contribution in [1.29, 1.82) is 0 Å². The summed E-state index contributed by atoms with van der Waals surface area (Å²) in [7, 11) is 0. The number of rotatable bonds is 6. The summed E-state index contributed by atoms with van der Waals surface area (Å²) in [5, 5.41) is 15.2. The van der Waals surface area contributed by atoms with Gasteiger partial charge in [0.15, 0.2) is 0 Å². The summed E-state index contributed by atoms with van der Waals surface area (Å²) in [5.41, 5.74) is 5.33. The number of esters is 1. The number of hydrogen-bond acceptors (Lipinski definition) is 5. The van der Waals surface area contributed by atoms with Gasteiger partial charge in [-0.2, -0.15) is 5.10 Å². The van der Waals surface area contributed by atoms with Crippen LogP contribution in [0.25, 0.3) is 5.69 Å². The molecule has 3 rings (SSSR count). The molecule has 7 heteroatoms. The fourth-order valence-corrected chi connectivity index (χ4v) is 3.12. The fourth-order valence-electron chi connectivity index (χ4n) is 3.12. The third-order valence-corrected chi connectivity index (χ3v) is 4.66. The largest absolute Gasteiger partial charge is 0.457 e. The number of ether oxygens (including phenoxy) is 1. The summed E-state index contributed by atoms with van der Waals surface area (Å²) < 4.78 is 7.17. The minimum atomic E-state index is -0.469. The average Bonchev–Trinajstić information content (AvgIpc) is 2.99. The van der Waals surface area contributed by atoms with Crippen LogP contribution < -0.4 is 0 Å². The van der Waals surface area contributed by atoms with Gasteiger partial charge in [0.2, 0.25) is 0 Å². The summed E-state index contributed by atoms with van der Waals surface area (Å²) in [4.78, 5) is 22.5. The maximum atomic E-state index is 12.3. The minimum absolute atomic E-state index is 0.000970. The molecular weight excluding hydrogens is 358 g/mol. The number of hydrogen-bond donors (Lipinski definition) is 0. The number of carbonyl (C=O) groups is 1. The van der Waals surface area contributed by atoms with E-state index in [4.69, 9.17) is 4.74 Å². The molecule has 2 aromatic carbocycles. The molecule has 1 heterocycles. The van der Waals surface area contributed by atoms with E-state index in [1.54, 1.807) is 24.3 Å². The van der Waals surface area contributed by atoms with E-state index < -0.39 is 10.9 Å². The summed E-state index contributed by atoms with van der Waals surface area (Å²) >= 11 is 0. The van der Waals surface area contributed by atoms with E-state index in [0.717, 1.165) is 23.5 Å². The molecule has 1 aromatic heterocycles. The molecule has 0 bridgehead atoms. The van der Waals surface area contributed by atoms with Gasteiger partial charge in [0.1, 0.15) is 6.61 Å². The van der Waals surface area contributed by atoms with Gasteiger partial charge in [-0.3, -0.25) is 10.1 Å². The van der Waals surface area contributed by atoms with Gasteiger partial charge in [-0.1, -0.05) is 6.92 Å². The Morgan fingerprint density at radius 1 is 1.11 bits per heavy atom. The zero-order valence-corrected chi connectivity index (χ0v) is 16.0. The summed E-state index contributed by atoms with van der Waals surface area (Å²) in [6, 6.07) is 13.0. The molecule has 0 N–H and O–H groups in total. The van der Waals surface area contributed by atoms with E-state index in [0.29, 0.717) is 11.1 Å². The molecule has 0 aliphatic rings. The smallest absolute Gasteiger partial charge is 0.338 e. The molecule has 0 radical (unpaired) electrons. The zero-order chi connectivity index (χ0) is 20.3. The van der Waals surface area contributed by atoms with Crippen molar-refractivity contribution in [2.24, 2.45) is 0 Å². The monoisotopic (exact) mass is 379 g/mol. The average molecular weight is 379 g/mol. The van der Waals surface area contributed by atoms with Crippen LogP contribution in [0.2, 0.25) is 0 Å². The molecule has 0 spiro atoms. The normalized spacial score (nSPS) is 10.7. The highest BCUT2D eigenvalue weighted by Gasteiger charge is 2.13. The third-order valence-electron chi connectivity index (χ3n) is 4.66. The van der Waals surface area contributed by atoms with Gasteiger partial charge >= 0.3 is 5.97 Å². The molecule has 7 nitrogen and oxygen atoms in total. The van der Waals surface area contributed by atoms with Crippen molar-refractivity contribution < 1.29 is 14.5 Å². The molecule has 0 saturated carbocycles. The summed E-state index contributed by atoms with van der Waals surface area (Å²) in [5.74, 6) is -0.451. The van der Waals surface area contributed by atoms with E-state index in [2.05, 4.69) is 12.0 Å². The number of aryl methyl sites for hydroxylation is 1. The van der Waals surface area contributed by atoms with Crippen molar-refractivity contribution in [2.75, 3.05) is 0 Å². The molecule has 0 atom stereocenters. The highest BCUT2D eigenvalue weighted by molar-refractivity contribution is 5.89. The summed E-state index contributed by atoms with van der Waals surface area (Å²) in [6.07, 6.45) is 0.921. The number of nitrogens with zero attached hydrogens (tertiary/aromatic N) is 3. The number of non-ortho nitro benzene ring substituents is 1. The van der Waals surface area contributed by atoms with E-state index in [-0.39, 0.29) is 12.3 Å². The fraction of sp³-hybridized carbons (Fsp3) is 0.238. The van der Waals surface area contributed by atoms with Gasteiger partial charge in [-0.05, 0) is 67.8 Å². The SMILES string of the molecule is CCc1c(C)nn(-c2ccc(C(=O)OCc3ccc([N+](=O)[O-])cc3)cc2)c1C. The Kier molecular flexibility index (Phi) is 5.54. The van der Waals surface area contributed by atoms with Crippen LogP contribution in [0.5, 0.6) is 0 Å². The number of benzene rings is 2. The summed E-state index contributed by atoms with van der Waals surface area (Å²) in [6.45, 7) is 6.18. The van der Waals surface area contributed by atoms with Gasteiger partial charge in [0, 0.05) is 17.8 Å². The molecular formula is C21H21N3O4. The van der Waals surface area contributed by atoms with Crippen LogP contribution >= 0.6 is 0 Å². The minimum Gasteiger partial charge on any atom is -0.457 e. The molecule has 0 saturated heterocycles. The zero-order valence-electron chi connectivity index (χ0n) is 16.0. The van der Waals surface area contributed by atoms with Crippen molar-refractivity contribution in [3.63, 3.8) is 0 Å². The number of carbonyl (C=O) groups excluding carboxylic acids is 1. The first-order valence-corrected chi connectivity index (χ1v) is 8.96. The Balaban J connectivity index is 1.67. The van der Waals surface area contributed by atoms with Crippen molar-refractivity contribution in [1.82, 2.24) is 9.78 Å². The van der Waals surface area contributed by atoms with Crippen LogP contribution in [0.4, 0.5) is 5.69 Å². The molecule has 144 valence electrons. The lowest BCUT2D eigenvalue weighted by atomic mass is 10.1. The Hall–Kier alpha value is -3.48. The first kappa shape index (κ1) is 19.3.